The zero-order chi connectivity index (χ0) is 13.7. The molecule has 104 valence electrons. The Morgan fingerprint density at radius 3 is 2.63 bits per heavy atom. The van der Waals surface area contributed by atoms with Crippen molar-refractivity contribution in [1.82, 2.24) is 5.32 Å². The molecule has 0 unspecified atom stereocenters. The van der Waals surface area contributed by atoms with Gasteiger partial charge < -0.3 is 10.4 Å². The molecule has 5 heteroatoms. The van der Waals surface area contributed by atoms with Gasteiger partial charge >= 0.3 is 5.97 Å². The number of hydrogen-bond acceptors (Lipinski definition) is 3. The Balaban J connectivity index is 1.67. The number of amides is 1. The molecule has 1 saturated carbocycles. The average molecular weight is 281 g/mol. The Morgan fingerprint density at radius 2 is 2.05 bits per heavy atom. The maximum absolute atomic E-state index is 11.8. The van der Waals surface area contributed by atoms with Gasteiger partial charge in [0.25, 0.3) is 0 Å². The van der Waals surface area contributed by atoms with E-state index in [1.165, 1.54) is 4.88 Å². The second kappa shape index (κ2) is 6.70. The topological polar surface area (TPSA) is 66.4 Å². The van der Waals surface area contributed by atoms with Crippen molar-refractivity contribution < 1.29 is 14.7 Å². The van der Waals surface area contributed by atoms with Crippen molar-refractivity contribution in [2.24, 2.45) is 5.92 Å². The highest BCUT2D eigenvalue weighted by atomic mass is 32.1. The van der Waals surface area contributed by atoms with Gasteiger partial charge in [0.2, 0.25) is 5.91 Å². The molecule has 0 aliphatic heterocycles. The second-order valence-electron chi connectivity index (χ2n) is 5.03. The molecule has 2 N–H and O–H groups in total. The first kappa shape index (κ1) is 14.1. The molecular weight excluding hydrogens is 262 g/mol. The quantitative estimate of drug-likeness (QED) is 0.871. The fourth-order valence-electron chi connectivity index (χ4n) is 2.48. The fraction of sp³-hybridized carbons (Fsp3) is 0.571. The Morgan fingerprint density at radius 1 is 1.32 bits per heavy atom. The van der Waals surface area contributed by atoms with Crippen molar-refractivity contribution in [2.45, 2.75) is 44.6 Å². The summed E-state index contributed by atoms with van der Waals surface area (Å²) in [4.78, 5) is 23.9. The van der Waals surface area contributed by atoms with Gasteiger partial charge in [0, 0.05) is 17.3 Å². The smallest absolute Gasteiger partial charge is 0.306 e. The summed E-state index contributed by atoms with van der Waals surface area (Å²) in [7, 11) is 0. The first-order chi connectivity index (χ1) is 9.15. The number of hydrogen-bond donors (Lipinski definition) is 2. The van der Waals surface area contributed by atoms with Gasteiger partial charge in [-0.1, -0.05) is 6.07 Å². The van der Waals surface area contributed by atoms with E-state index in [0.717, 1.165) is 19.3 Å². The van der Waals surface area contributed by atoms with E-state index in [1.807, 2.05) is 17.5 Å². The highest BCUT2D eigenvalue weighted by molar-refractivity contribution is 7.09. The van der Waals surface area contributed by atoms with Crippen molar-refractivity contribution in [3.05, 3.63) is 22.4 Å². The first-order valence-electron chi connectivity index (χ1n) is 6.69. The standard InChI is InChI=1S/C14H19NO3S/c16-13(8-7-12-2-1-9-19-12)15-11-5-3-10(4-6-11)14(17)18/h1-2,9-11H,3-8H2,(H,15,16)(H,17,18). The molecule has 1 heterocycles. The van der Waals surface area contributed by atoms with E-state index < -0.39 is 5.97 Å². The van der Waals surface area contributed by atoms with E-state index in [1.54, 1.807) is 11.3 Å². The largest absolute Gasteiger partial charge is 0.481 e. The van der Waals surface area contributed by atoms with Crippen LogP contribution in [0.2, 0.25) is 0 Å². The number of rotatable bonds is 5. The Bertz CT molecular complexity index is 422. The molecule has 2 rings (SSSR count). The van der Waals surface area contributed by atoms with Gasteiger partial charge in [0.1, 0.15) is 0 Å². The molecule has 1 amide bonds. The van der Waals surface area contributed by atoms with E-state index in [4.69, 9.17) is 5.11 Å². The first-order valence-corrected chi connectivity index (χ1v) is 7.57. The lowest BCUT2D eigenvalue weighted by Crippen LogP contribution is -2.38. The predicted molar refractivity (Wildman–Crippen MR) is 74.2 cm³/mol. The molecule has 0 saturated heterocycles. The predicted octanol–water partition coefficient (Wildman–Crippen LogP) is 2.44. The number of carbonyl (C=O) groups excluding carboxylic acids is 1. The van der Waals surface area contributed by atoms with Crippen LogP contribution >= 0.6 is 11.3 Å². The van der Waals surface area contributed by atoms with Crippen LogP contribution < -0.4 is 5.32 Å². The Kier molecular flexibility index (Phi) is 4.96. The van der Waals surface area contributed by atoms with E-state index in [0.29, 0.717) is 19.3 Å². The third-order valence-corrected chi connectivity index (χ3v) is 4.56. The lowest BCUT2D eigenvalue weighted by atomic mass is 9.86. The molecule has 1 fully saturated rings. The number of aryl methyl sites for hydroxylation is 1. The van der Waals surface area contributed by atoms with Crippen LogP contribution in [-0.4, -0.2) is 23.0 Å². The van der Waals surface area contributed by atoms with Crippen molar-refractivity contribution in [2.75, 3.05) is 0 Å². The van der Waals surface area contributed by atoms with Gasteiger partial charge in [-0.05, 0) is 43.6 Å². The van der Waals surface area contributed by atoms with Crippen LogP contribution in [0.15, 0.2) is 17.5 Å². The third kappa shape index (κ3) is 4.35. The van der Waals surface area contributed by atoms with Crippen LogP contribution in [0.5, 0.6) is 0 Å². The maximum atomic E-state index is 11.8. The monoisotopic (exact) mass is 281 g/mol. The van der Waals surface area contributed by atoms with Crippen LogP contribution in [-0.2, 0) is 16.0 Å². The molecule has 1 aromatic heterocycles. The van der Waals surface area contributed by atoms with Gasteiger partial charge in [-0.25, -0.2) is 0 Å². The summed E-state index contributed by atoms with van der Waals surface area (Å²) in [6.45, 7) is 0. The molecule has 1 aromatic rings. The number of nitrogens with one attached hydrogen (secondary N) is 1. The fourth-order valence-corrected chi connectivity index (χ4v) is 3.19. The van der Waals surface area contributed by atoms with E-state index in [2.05, 4.69) is 5.32 Å². The number of carbonyl (C=O) groups is 2. The summed E-state index contributed by atoms with van der Waals surface area (Å²) in [5.41, 5.74) is 0. The normalized spacial score (nSPS) is 22.9. The number of thiophene rings is 1. The van der Waals surface area contributed by atoms with Crippen molar-refractivity contribution in [3.8, 4) is 0 Å². The summed E-state index contributed by atoms with van der Waals surface area (Å²) in [5.74, 6) is -0.853. The van der Waals surface area contributed by atoms with Crippen LogP contribution in [0.4, 0.5) is 0 Å². The highest BCUT2D eigenvalue weighted by Crippen LogP contribution is 2.24. The minimum atomic E-state index is -0.706. The van der Waals surface area contributed by atoms with Crippen molar-refractivity contribution in [1.29, 1.82) is 0 Å². The minimum Gasteiger partial charge on any atom is -0.481 e. The maximum Gasteiger partial charge on any atom is 0.306 e. The van der Waals surface area contributed by atoms with E-state index >= 15 is 0 Å². The number of carboxylic acids is 1. The van der Waals surface area contributed by atoms with Crippen LogP contribution in [0, 0.1) is 5.92 Å². The van der Waals surface area contributed by atoms with Gasteiger partial charge in [0.05, 0.1) is 5.92 Å². The highest BCUT2D eigenvalue weighted by Gasteiger charge is 2.26. The molecule has 0 aromatic carbocycles. The average Bonchev–Trinajstić information content (AvgIpc) is 2.90. The van der Waals surface area contributed by atoms with Crippen molar-refractivity contribution >= 4 is 23.2 Å². The molecule has 0 bridgehead atoms. The zero-order valence-electron chi connectivity index (χ0n) is 10.8. The molecule has 0 atom stereocenters. The molecule has 0 spiro atoms. The summed E-state index contributed by atoms with van der Waals surface area (Å²) in [5, 5.41) is 13.9. The van der Waals surface area contributed by atoms with Gasteiger partial charge in [-0.3, -0.25) is 9.59 Å². The van der Waals surface area contributed by atoms with Crippen LogP contribution in [0.25, 0.3) is 0 Å². The lowest BCUT2D eigenvalue weighted by molar-refractivity contribution is -0.142. The summed E-state index contributed by atoms with van der Waals surface area (Å²) in [6, 6.07) is 4.19. The Hall–Kier alpha value is -1.36. The van der Waals surface area contributed by atoms with Crippen LogP contribution in [0.1, 0.15) is 37.0 Å². The zero-order valence-corrected chi connectivity index (χ0v) is 11.6. The molecule has 4 nitrogen and oxygen atoms in total. The lowest BCUT2D eigenvalue weighted by Gasteiger charge is -2.26. The summed E-state index contributed by atoms with van der Waals surface area (Å²) >= 11 is 1.67. The van der Waals surface area contributed by atoms with Crippen LogP contribution in [0.3, 0.4) is 0 Å². The molecule has 1 aliphatic carbocycles. The van der Waals surface area contributed by atoms with Gasteiger partial charge in [-0.2, -0.15) is 0 Å². The number of aliphatic carboxylic acids is 1. The van der Waals surface area contributed by atoms with E-state index in [-0.39, 0.29) is 17.9 Å². The minimum absolute atomic E-state index is 0.0761. The molecule has 19 heavy (non-hydrogen) atoms. The van der Waals surface area contributed by atoms with Gasteiger partial charge in [0.15, 0.2) is 0 Å². The van der Waals surface area contributed by atoms with E-state index in [9.17, 15) is 9.59 Å². The third-order valence-electron chi connectivity index (χ3n) is 3.62. The molecule has 0 radical (unpaired) electrons. The molecule has 1 aliphatic rings. The second-order valence-corrected chi connectivity index (χ2v) is 6.07. The number of carboxylic acid groups (broad SMARTS) is 1. The van der Waals surface area contributed by atoms with Gasteiger partial charge in [-0.15, -0.1) is 11.3 Å². The molecular formula is C14H19NO3S. The SMILES string of the molecule is O=C(CCc1cccs1)NC1CCC(C(=O)O)CC1. The summed E-state index contributed by atoms with van der Waals surface area (Å²) < 4.78 is 0. The van der Waals surface area contributed by atoms with Crippen molar-refractivity contribution in [3.63, 3.8) is 0 Å². The Labute approximate surface area is 116 Å². The summed E-state index contributed by atoms with van der Waals surface area (Å²) in [6.07, 6.45) is 4.20.